The molecule has 82 valence electrons. The van der Waals surface area contributed by atoms with E-state index >= 15 is 0 Å². The highest BCUT2D eigenvalue weighted by molar-refractivity contribution is 5.80. The van der Waals surface area contributed by atoms with Crippen LogP contribution in [0.1, 0.15) is 27.7 Å². The van der Waals surface area contributed by atoms with Crippen LogP contribution in [0.4, 0.5) is 0 Å². The zero-order valence-electron chi connectivity index (χ0n) is 9.51. The molecule has 14 heavy (non-hydrogen) atoms. The van der Waals surface area contributed by atoms with E-state index in [1.165, 1.54) is 7.11 Å². The van der Waals surface area contributed by atoms with E-state index in [0.717, 1.165) is 0 Å². The molecule has 0 radical (unpaired) electrons. The SMILES string of the molecule is COC(=O)[C@]1(C)CO[C@H](C(C)(C)C)N1. The Morgan fingerprint density at radius 2 is 2.14 bits per heavy atom. The second-order valence-electron chi connectivity index (χ2n) is 5.03. The van der Waals surface area contributed by atoms with Gasteiger partial charge in [0.2, 0.25) is 0 Å². The molecule has 0 aromatic carbocycles. The largest absolute Gasteiger partial charge is 0.468 e. The molecule has 0 amide bonds. The van der Waals surface area contributed by atoms with Crippen molar-refractivity contribution in [1.29, 1.82) is 0 Å². The van der Waals surface area contributed by atoms with Crippen LogP contribution in [0.3, 0.4) is 0 Å². The fourth-order valence-electron chi connectivity index (χ4n) is 1.43. The summed E-state index contributed by atoms with van der Waals surface area (Å²) in [6.07, 6.45) is -0.105. The zero-order valence-corrected chi connectivity index (χ0v) is 9.51. The Morgan fingerprint density at radius 3 is 2.50 bits per heavy atom. The van der Waals surface area contributed by atoms with Crippen molar-refractivity contribution in [2.75, 3.05) is 13.7 Å². The molecule has 4 nitrogen and oxygen atoms in total. The van der Waals surface area contributed by atoms with E-state index in [1.54, 1.807) is 6.92 Å². The molecule has 0 aliphatic carbocycles. The molecule has 1 N–H and O–H groups in total. The molecule has 0 unspecified atom stereocenters. The number of esters is 1. The fraction of sp³-hybridized carbons (Fsp3) is 0.900. The summed E-state index contributed by atoms with van der Waals surface area (Å²) in [6.45, 7) is 8.35. The molecule has 0 bridgehead atoms. The van der Waals surface area contributed by atoms with Crippen LogP contribution in [0.5, 0.6) is 0 Å². The molecule has 4 heteroatoms. The molecule has 1 aliphatic rings. The van der Waals surface area contributed by atoms with Crippen LogP contribution in [-0.2, 0) is 14.3 Å². The minimum absolute atomic E-state index is 0.0220. The second-order valence-corrected chi connectivity index (χ2v) is 5.03. The van der Waals surface area contributed by atoms with Crippen molar-refractivity contribution in [3.05, 3.63) is 0 Å². The lowest BCUT2D eigenvalue weighted by Gasteiger charge is -2.28. The molecule has 1 aliphatic heterocycles. The number of nitrogens with one attached hydrogen (secondary N) is 1. The van der Waals surface area contributed by atoms with Crippen LogP contribution in [0.15, 0.2) is 0 Å². The molecular weight excluding hydrogens is 182 g/mol. The van der Waals surface area contributed by atoms with E-state index in [4.69, 9.17) is 9.47 Å². The summed E-state index contributed by atoms with van der Waals surface area (Å²) in [7, 11) is 1.39. The highest BCUT2D eigenvalue weighted by atomic mass is 16.5. The van der Waals surface area contributed by atoms with Crippen molar-refractivity contribution in [3.63, 3.8) is 0 Å². The standard InChI is InChI=1S/C10H19NO3/c1-9(2,3)7-11-10(4,6-14-7)8(12)13-5/h7,11H,6H2,1-5H3/t7-,10+/m1/s1. The van der Waals surface area contributed by atoms with Gasteiger partial charge >= 0.3 is 5.97 Å². The summed E-state index contributed by atoms with van der Waals surface area (Å²) in [4.78, 5) is 11.4. The minimum atomic E-state index is -0.702. The first-order valence-electron chi connectivity index (χ1n) is 4.77. The van der Waals surface area contributed by atoms with E-state index in [0.29, 0.717) is 6.61 Å². The topological polar surface area (TPSA) is 47.6 Å². The summed E-state index contributed by atoms with van der Waals surface area (Å²) < 4.78 is 10.3. The molecule has 1 fully saturated rings. The lowest BCUT2D eigenvalue weighted by atomic mass is 9.93. The van der Waals surface area contributed by atoms with Gasteiger partial charge in [0, 0.05) is 5.41 Å². The summed E-state index contributed by atoms with van der Waals surface area (Å²) >= 11 is 0. The molecule has 2 atom stereocenters. The van der Waals surface area contributed by atoms with Gasteiger partial charge < -0.3 is 9.47 Å². The molecule has 0 aromatic heterocycles. The molecular formula is C10H19NO3. The maximum Gasteiger partial charge on any atom is 0.328 e. The number of rotatable bonds is 1. The van der Waals surface area contributed by atoms with E-state index in [-0.39, 0.29) is 17.6 Å². The smallest absolute Gasteiger partial charge is 0.328 e. The third kappa shape index (κ3) is 2.07. The third-order valence-electron chi connectivity index (χ3n) is 2.41. The average molecular weight is 201 g/mol. The number of hydrogen-bond donors (Lipinski definition) is 1. The van der Waals surface area contributed by atoms with Gasteiger partial charge in [-0.25, -0.2) is 4.79 Å². The summed E-state index contributed by atoms with van der Waals surface area (Å²) in [6, 6.07) is 0. The monoisotopic (exact) mass is 201 g/mol. The quantitative estimate of drug-likeness (QED) is 0.641. The van der Waals surface area contributed by atoms with Gasteiger partial charge in [-0.15, -0.1) is 0 Å². The van der Waals surface area contributed by atoms with Crippen LogP contribution in [0.25, 0.3) is 0 Å². The lowest BCUT2D eigenvalue weighted by Crippen LogP contribution is -2.52. The van der Waals surface area contributed by atoms with Crippen LogP contribution in [0, 0.1) is 5.41 Å². The van der Waals surface area contributed by atoms with E-state index in [9.17, 15) is 4.79 Å². The van der Waals surface area contributed by atoms with Crippen molar-refractivity contribution >= 4 is 5.97 Å². The van der Waals surface area contributed by atoms with Crippen LogP contribution < -0.4 is 5.32 Å². The van der Waals surface area contributed by atoms with Gasteiger partial charge in [-0.1, -0.05) is 20.8 Å². The van der Waals surface area contributed by atoms with Gasteiger partial charge in [0.25, 0.3) is 0 Å². The highest BCUT2D eigenvalue weighted by Crippen LogP contribution is 2.28. The Kier molecular flexibility index (Phi) is 2.88. The lowest BCUT2D eigenvalue weighted by molar-refractivity contribution is -0.147. The first-order chi connectivity index (χ1) is 6.29. The molecule has 1 rings (SSSR count). The molecule has 1 heterocycles. The Hall–Kier alpha value is -0.610. The fourth-order valence-corrected chi connectivity index (χ4v) is 1.43. The van der Waals surface area contributed by atoms with Crippen LogP contribution >= 0.6 is 0 Å². The first-order valence-corrected chi connectivity index (χ1v) is 4.77. The van der Waals surface area contributed by atoms with Gasteiger partial charge in [-0.3, -0.25) is 5.32 Å². The first kappa shape index (κ1) is 11.5. The van der Waals surface area contributed by atoms with Crippen molar-refractivity contribution < 1.29 is 14.3 Å². The second kappa shape index (κ2) is 3.51. The summed E-state index contributed by atoms with van der Waals surface area (Å²) in [5, 5.41) is 3.16. The van der Waals surface area contributed by atoms with E-state index in [2.05, 4.69) is 26.1 Å². The van der Waals surface area contributed by atoms with Crippen molar-refractivity contribution in [2.45, 2.75) is 39.5 Å². The predicted molar refractivity (Wildman–Crippen MR) is 52.8 cm³/mol. The number of ether oxygens (including phenoxy) is 2. The molecule has 0 saturated carbocycles. The third-order valence-corrected chi connectivity index (χ3v) is 2.41. The summed E-state index contributed by atoms with van der Waals surface area (Å²) in [5.74, 6) is -0.274. The maximum atomic E-state index is 11.4. The van der Waals surface area contributed by atoms with Gasteiger partial charge in [0.1, 0.15) is 11.8 Å². The van der Waals surface area contributed by atoms with E-state index in [1.807, 2.05) is 0 Å². The number of carbonyl (C=O) groups excluding carboxylic acids is 1. The maximum absolute atomic E-state index is 11.4. The molecule has 0 aromatic rings. The predicted octanol–water partition coefficient (Wildman–Crippen LogP) is 0.910. The summed E-state index contributed by atoms with van der Waals surface area (Å²) in [5.41, 5.74) is -0.724. The van der Waals surface area contributed by atoms with Gasteiger partial charge in [0.05, 0.1) is 13.7 Å². The normalized spacial score (nSPS) is 33.1. The zero-order chi connectivity index (χ0) is 11.0. The van der Waals surface area contributed by atoms with E-state index < -0.39 is 5.54 Å². The Bertz CT molecular complexity index is 234. The highest BCUT2D eigenvalue weighted by Gasteiger charge is 2.46. The Morgan fingerprint density at radius 1 is 1.57 bits per heavy atom. The minimum Gasteiger partial charge on any atom is -0.468 e. The Labute approximate surface area is 85.0 Å². The molecule has 1 saturated heterocycles. The van der Waals surface area contributed by atoms with Gasteiger partial charge in [0.15, 0.2) is 0 Å². The number of methoxy groups -OCH3 is 1. The van der Waals surface area contributed by atoms with Crippen LogP contribution in [-0.4, -0.2) is 31.5 Å². The van der Waals surface area contributed by atoms with Crippen molar-refractivity contribution in [2.24, 2.45) is 5.41 Å². The molecule has 0 spiro atoms. The Balaban J connectivity index is 2.69. The van der Waals surface area contributed by atoms with Crippen molar-refractivity contribution in [3.8, 4) is 0 Å². The number of carbonyl (C=O) groups is 1. The van der Waals surface area contributed by atoms with Crippen LogP contribution in [0.2, 0.25) is 0 Å². The van der Waals surface area contributed by atoms with Crippen molar-refractivity contribution in [1.82, 2.24) is 5.32 Å². The average Bonchev–Trinajstić information content (AvgIpc) is 2.47. The van der Waals surface area contributed by atoms with Gasteiger partial charge in [-0.05, 0) is 6.92 Å². The number of hydrogen-bond acceptors (Lipinski definition) is 4. The van der Waals surface area contributed by atoms with Gasteiger partial charge in [-0.2, -0.15) is 0 Å².